The third kappa shape index (κ3) is 5.14. The molecule has 1 heterocycles. The highest BCUT2D eigenvalue weighted by Crippen LogP contribution is 2.37. The van der Waals surface area contributed by atoms with Gasteiger partial charge in [0, 0.05) is 0 Å². The fourth-order valence-electron chi connectivity index (χ4n) is 3.26. The van der Waals surface area contributed by atoms with E-state index in [4.69, 9.17) is 9.47 Å². The molecule has 120 valence electrons. The molecule has 0 aromatic carbocycles. The van der Waals surface area contributed by atoms with Crippen LogP contribution in [0.3, 0.4) is 0 Å². The van der Waals surface area contributed by atoms with Crippen molar-refractivity contribution in [2.75, 3.05) is 13.2 Å². The Labute approximate surface area is 129 Å². The van der Waals surface area contributed by atoms with Crippen LogP contribution < -0.4 is 0 Å². The Morgan fingerprint density at radius 3 is 2.52 bits per heavy atom. The Morgan fingerprint density at radius 1 is 1.19 bits per heavy atom. The number of hydrogen-bond donors (Lipinski definition) is 0. The van der Waals surface area contributed by atoms with Crippen LogP contribution in [0.15, 0.2) is 12.2 Å². The number of unbranched alkanes of at least 4 members (excludes halogenated alkanes) is 2. The van der Waals surface area contributed by atoms with Crippen LogP contribution >= 0.6 is 0 Å². The SMILES string of the molecule is CCCCCC1C=CC(CC(=O)OCC2CO2)C(C)C1C. The zero-order valence-corrected chi connectivity index (χ0v) is 13.7. The van der Waals surface area contributed by atoms with Gasteiger partial charge in [0.2, 0.25) is 0 Å². The van der Waals surface area contributed by atoms with E-state index in [9.17, 15) is 4.79 Å². The number of epoxide rings is 1. The van der Waals surface area contributed by atoms with Crippen molar-refractivity contribution in [3.63, 3.8) is 0 Å². The molecule has 0 spiro atoms. The fraction of sp³-hybridized carbons (Fsp3) is 0.833. The van der Waals surface area contributed by atoms with Gasteiger partial charge in [0.05, 0.1) is 13.0 Å². The molecule has 0 saturated carbocycles. The molecule has 1 aliphatic carbocycles. The predicted molar refractivity (Wildman–Crippen MR) is 83.9 cm³/mol. The monoisotopic (exact) mass is 294 g/mol. The largest absolute Gasteiger partial charge is 0.463 e. The minimum absolute atomic E-state index is 0.0800. The first kappa shape index (κ1) is 16.5. The topological polar surface area (TPSA) is 38.8 Å². The fourth-order valence-corrected chi connectivity index (χ4v) is 3.26. The maximum Gasteiger partial charge on any atom is 0.306 e. The van der Waals surface area contributed by atoms with E-state index in [1.807, 2.05) is 0 Å². The lowest BCUT2D eigenvalue weighted by Gasteiger charge is -2.35. The van der Waals surface area contributed by atoms with E-state index >= 15 is 0 Å². The summed E-state index contributed by atoms with van der Waals surface area (Å²) in [5.41, 5.74) is 0. The van der Waals surface area contributed by atoms with Gasteiger partial charge in [-0.05, 0) is 30.1 Å². The minimum atomic E-state index is -0.0800. The van der Waals surface area contributed by atoms with Gasteiger partial charge in [0.25, 0.3) is 0 Å². The summed E-state index contributed by atoms with van der Waals surface area (Å²) in [5.74, 6) is 2.13. The summed E-state index contributed by atoms with van der Waals surface area (Å²) in [6, 6.07) is 0. The van der Waals surface area contributed by atoms with Crippen molar-refractivity contribution >= 4 is 5.97 Å². The summed E-state index contributed by atoms with van der Waals surface area (Å²) in [6.45, 7) is 8.03. The van der Waals surface area contributed by atoms with Gasteiger partial charge in [-0.3, -0.25) is 4.79 Å². The molecule has 1 fully saturated rings. The molecular formula is C18H30O3. The highest BCUT2D eigenvalue weighted by atomic mass is 16.6. The molecule has 21 heavy (non-hydrogen) atoms. The van der Waals surface area contributed by atoms with E-state index < -0.39 is 0 Å². The van der Waals surface area contributed by atoms with Gasteiger partial charge >= 0.3 is 5.97 Å². The van der Waals surface area contributed by atoms with E-state index in [0.29, 0.717) is 36.7 Å². The van der Waals surface area contributed by atoms with E-state index in [1.54, 1.807) is 0 Å². The predicted octanol–water partition coefficient (Wildman–Crippen LogP) is 3.97. The molecule has 3 heteroatoms. The Kier molecular flexibility index (Phi) is 6.28. The zero-order chi connectivity index (χ0) is 15.2. The van der Waals surface area contributed by atoms with E-state index in [0.717, 1.165) is 6.61 Å². The standard InChI is InChI=1S/C18H30O3/c1-4-5-6-7-15-8-9-16(14(3)13(15)2)10-18(19)21-12-17-11-20-17/h8-9,13-17H,4-7,10-12H2,1-3H3. The Hall–Kier alpha value is -0.830. The summed E-state index contributed by atoms with van der Waals surface area (Å²) >= 11 is 0. The second kappa shape index (κ2) is 7.98. The Morgan fingerprint density at radius 2 is 1.86 bits per heavy atom. The number of carbonyl (C=O) groups excluding carboxylic acids is 1. The van der Waals surface area contributed by atoms with Crippen molar-refractivity contribution in [3.05, 3.63) is 12.2 Å². The highest BCUT2D eigenvalue weighted by Gasteiger charge is 2.32. The second-order valence-electron chi connectivity index (χ2n) is 6.77. The smallest absolute Gasteiger partial charge is 0.306 e. The van der Waals surface area contributed by atoms with Crippen LogP contribution in [0, 0.1) is 23.7 Å². The first-order chi connectivity index (χ1) is 10.1. The number of rotatable bonds is 8. The van der Waals surface area contributed by atoms with Crippen molar-refractivity contribution in [2.45, 2.75) is 59.0 Å². The highest BCUT2D eigenvalue weighted by molar-refractivity contribution is 5.70. The third-order valence-corrected chi connectivity index (χ3v) is 5.16. The van der Waals surface area contributed by atoms with Gasteiger partial charge in [-0.15, -0.1) is 0 Å². The number of allylic oxidation sites excluding steroid dienone is 2. The molecule has 1 aliphatic heterocycles. The van der Waals surface area contributed by atoms with Crippen LogP contribution in [-0.4, -0.2) is 25.3 Å². The lowest BCUT2D eigenvalue weighted by Crippen LogP contribution is -2.29. The summed E-state index contributed by atoms with van der Waals surface area (Å²) in [5, 5.41) is 0. The molecule has 2 rings (SSSR count). The van der Waals surface area contributed by atoms with Crippen LogP contribution in [0.1, 0.15) is 52.9 Å². The zero-order valence-electron chi connectivity index (χ0n) is 13.7. The second-order valence-corrected chi connectivity index (χ2v) is 6.77. The maximum absolute atomic E-state index is 11.9. The van der Waals surface area contributed by atoms with Gasteiger partial charge < -0.3 is 9.47 Å². The third-order valence-electron chi connectivity index (χ3n) is 5.16. The van der Waals surface area contributed by atoms with Crippen molar-refractivity contribution in [1.29, 1.82) is 0 Å². The Bertz CT molecular complexity index is 359. The lowest BCUT2D eigenvalue weighted by molar-refractivity contribution is -0.145. The van der Waals surface area contributed by atoms with E-state index in [2.05, 4.69) is 32.9 Å². The molecule has 0 bridgehead atoms. The lowest BCUT2D eigenvalue weighted by atomic mass is 9.70. The molecule has 0 aromatic heterocycles. The molecule has 0 amide bonds. The average molecular weight is 294 g/mol. The molecule has 3 nitrogen and oxygen atoms in total. The summed E-state index contributed by atoms with van der Waals surface area (Å²) in [6.07, 6.45) is 10.5. The number of esters is 1. The van der Waals surface area contributed by atoms with Crippen LogP contribution in [0.2, 0.25) is 0 Å². The summed E-state index contributed by atoms with van der Waals surface area (Å²) in [4.78, 5) is 11.9. The quantitative estimate of drug-likeness (QED) is 0.294. The van der Waals surface area contributed by atoms with Crippen molar-refractivity contribution in [2.24, 2.45) is 23.7 Å². The molecule has 5 atom stereocenters. The van der Waals surface area contributed by atoms with Crippen LogP contribution in [0.25, 0.3) is 0 Å². The molecule has 0 radical (unpaired) electrons. The first-order valence-electron chi connectivity index (χ1n) is 8.57. The van der Waals surface area contributed by atoms with Gasteiger partial charge in [0.1, 0.15) is 12.7 Å². The van der Waals surface area contributed by atoms with Crippen LogP contribution in [0.4, 0.5) is 0 Å². The van der Waals surface area contributed by atoms with Crippen molar-refractivity contribution in [1.82, 2.24) is 0 Å². The Balaban J connectivity index is 1.77. The summed E-state index contributed by atoms with van der Waals surface area (Å²) < 4.78 is 10.3. The van der Waals surface area contributed by atoms with Crippen LogP contribution in [-0.2, 0) is 14.3 Å². The minimum Gasteiger partial charge on any atom is -0.463 e. The maximum atomic E-state index is 11.9. The van der Waals surface area contributed by atoms with Gasteiger partial charge in [-0.2, -0.15) is 0 Å². The number of ether oxygens (including phenoxy) is 2. The van der Waals surface area contributed by atoms with Gasteiger partial charge in [0.15, 0.2) is 0 Å². The molecule has 0 aromatic rings. The first-order valence-corrected chi connectivity index (χ1v) is 8.57. The number of carbonyl (C=O) groups is 1. The molecule has 5 unspecified atom stereocenters. The average Bonchev–Trinajstić information content (AvgIpc) is 3.28. The van der Waals surface area contributed by atoms with Gasteiger partial charge in [-0.25, -0.2) is 0 Å². The molecule has 1 saturated heterocycles. The van der Waals surface area contributed by atoms with E-state index in [-0.39, 0.29) is 12.1 Å². The van der Waals surface area contributed by atoms with E-state index in [1.165, 1.54) is 25.7 Å². The van der Waals surface area contributed by atoms with Gasteiger partial charge in [-0.1, -0.05) is 52.2 Å². The molecular weight excluding hydrogens is 264 g/mol. The molecule has 0 N–H and O–H groups in total. The van der Waals surface area contributed by atoms with Crippen molar-refractivity contribution < 1.29 is 14.3 Å². The van der Waals surface area contributed by atoms with Crippen molar-refractivity contribution in [3.8, 4) is 0 Å². The normalized spacial score (nSPS) is 34.7. The number of hydrogen-bond acceptors (Lipinski definition) is 3. The summed E-state index contributed by atoms with van der Waals surface area (Å²) in [7, 11) is 0. The van der Waals surface area contributed by atoms with Crippen LogP contribution in [0.5, 0.6) is 0 Å². The molecule has 2 aliphatic rings.